The van der Waals surface area contributed by atoms with Gasteiger partial charge in [-0.15, -0.1) is 12.4 Å². The molecule has 0 saturated heterocycles. The normalized spacial score (nSPS) is 12.3. The predicted octanol–water partition coefficient (Wildman–Crippen LogP) is 5.71. The third kappa shape index (κ3) is 19.0. The predicted molar refractivity (Wildman–Crippen MR) is 282 cm³/mol. The topological polar surface area (TPSA) is 304 Å². The minimum Gasteiger partial charge on any atom is -0.662 e. The first-order chi connectivity index (χ1) is 36.3. The maximum Gasteiger partial charge on any atom is 1.00 e. The van der Waals surface area contributed by atoms with Gasteiger partial charge in [-0.2, -0.15) is 10.2 Å². The van der Waals surface area contributed by atoms with Crippen LogP contribution < -0.4 is 57.6 Å². The number of hydrogen-bond donors (Lipinski definition) is 4. The second-order valence-electron chi connectivity index (χ2n) is 16.3. The van der Waals surface area contributed by atoms with Crippen molar-refractivity contribution in [1.29, 1.82) is 5.26 Å². The van der Waals surface area contributed by atoms with E-state index in [0.717, 1.165) is 76.1 Å². The molecule has 0 bridgehead atoms. The first kappa shape index (κ1) is 66.8. The van der Waals surface area contributed by atoms with Crippen LogP contribution in [-0.2, 0) is 35.6 Å². The molecule has 0 amide bonds. The zero-order chi connectivity index (χ0) is 54.3. The van der Waals surface area contributed by atoms with Crippen molar-refractivity contribution in [3.63, 3.8) is 0 Å². The van der Waals surface area contributed by atoms with E-state index < -0.39 is 5.24 Å². The first-order valence-corrected chi connectivity index (χ1v) is 23.5. The van der Waals surface area contributed by atoms with Crippen LogP contribution in [0, 0.1) is 28.8 Å². The molecule has 2 aliphatic heterocycles. The maximum atomic E-state index is 13.1. The third-order valence-electron chi connectivity index (χ3n) is 11.4. The number of halogens is 5. The molecule has 406 valence electrons. The fourth-order valence-electron chi connectivity index (χ4n) is 7.71. The van der Waals surface area contributed by atoms with Crippen molar-refractivity contribution in [2.24, 2.45) is 16.8 Å². The zero-order valence-corrected chi connectivity index (χ0v) is 44.9. The van der Waals surface area contributed by atoms with E-state index in [1.807, 2.05) is 16.7 Å². The molecule has 0 aliphatic carbocycles. The molecule has 0 unspecified atom stereocenters. The van der Waals surface area contributed by atoms with Crippen LogP contribution in [0.5, 0.6) is 0 Å². The summed E-state index contributed by atoms with van der Waals surface area (Å²) >= 11 is 5.48. The number of aryl methyl sites for hydroxylation is 2. The average molecular weight is 1130 g/mol. The molecule has 5 aromatic carbocycles. The Balaban J connectivity index is 0.000000369. The Morgan fingerprint density at radius 1 is 0.718 bits per heavy atom. The van der Waals surface area contributed by atoms with Gasteiger partial charge in [0.15, 0.2) is 5.84 Å². The number of hydrogen-bond acceptors (Lipinski definition) is 16. The van der Waals surface area contributed by atoms with Gasteiger partial charge in [0, 0.05) is 48.2 Å². The van der Waals surface area contributed by atoms with Crippen molar-refractivity contribution < 1.29 is 77.4 Å². The number of carbonyl (C=O) groups excluding carboxylic acids is 2. The van der Waals surface area contributed by atoms with Crippen molar-refractivity contribution in [2.45, 2.75) is 84.7 Å². The molecule has 3 aromatic heterocycles. The zero-order valence-electron chi connectivity index (χ0n) is 41.4. The van der Waals surface area contributed by atoms with Crippen LogP contribution in [0.15, 0.2) is 128 Å². The van der Waals surface area contributed by atoms with Crippen LogP contribution in [0.3, 0.4) is 0 Å². The van der Waals surface area contributed by atoms with Crippen LogP contribution in [0.2, 0.25) is 0 Å². The van der Waals surface area contributed by atoms with Crippen LogP contribution in [0.25, 0.3) is 44.6 Å². The van der Waals surface area contributed by atoms with Gasteiger partial charge in [0.2, 0.25) is 5.82 Å². The number of fused-ring (bicyclic) bond motifs is 4. The van der Waals surface area contributed by atoms with Gasteiger partial charge in [0.25, 0.3) is 28.7 Å². The van der Waals surface area contributed by atoms with E-state index in [4.69, 9.17) is 52.6 Å². The third-order valence-corrected chi connectivity index (χ3v) is 11.6. The van der Waals surface area contributed by atoms with Crippen molar-refractivity contribution in [3.8, 4) is 28.9 Å². The largest absolute Gasteiger partial charge is 1.00 e. The molecule has 0 atom stereocenters. The summed E-state index contributed by atoms with van der Waals surface area (Å²) in [7, 11) is 0. The van der Waals surface area contributed by atoms with E-state index >= 15 is 0 Å². The van der Waals surface area contributed by atoms with Gasteiger partial charge < -0.3 is 30.8 Å². The van der Waals surface area contributed by atoms with Gasteiger partial charge in [0.05, 0.1) is 33.4 Å². The Hall–Kier alpha value is -7.33. The van der Waals surface area contributed by atoms with Crippen LogP contribution in [0.4, 0.5) is 13.2 Å². The van der Waals surface area contributed by atoms with Crippen LogP contribution >= 0.6 is 24.0 Å². The van der Waals surface area contributed by atoms with Crippen LogP contribution in [0.1, 0.15) is 91.9 Å². The summed E-state index contributed by atoms with van der Waals surface area (Å²) in [5, 5.41) is 38.8. The molecule has 5 heterocycles. The van der Waals surface area contributed by atoms with E-state index in [-0.39, 0.29) is 90.3 Å². The van der Waals surface area contributed by atoms with Crippen LogP contribution in [-0.4, -0.2) is 57.2 Å². The molecule has 10 rings (SSSR count). The number of oxime groups is 1. The number of amidine groups is 1. The number of nitrogens with zero attached hydrogens (tertiary/aromatic N) is 8. The first-order valence-electron chi connectivity index (χ1n) is 23.1. The fraction of sp³-hybridized carbons (Fsp3) is 0.245. The standard InChI is InChI=1S/C22H19FN4O2.C15H15ClN2O2.C7H7FN2O.C7H4FN.CH2O3.CH4.ClH.H3NO.Na/c23-16-9-6-14(7-10-16)20-25-21(29-26-20)15-8-11-17-18(13-15)24-19-5-3-1-2-4-12-27(19)22(17)28;16-14(19)10-6-7-11-12(9-10)17-13-5-3-1-2-4-8-18(13)15(11)20;8-6-3-1-5(2-4-6)7(9)10-11;8-7-3-1-6(5-9)2-4-7;2-1-4-3;;;1-2;/h6-11,13H,1-5,12H2;6-7,9H,1-5,8H2;1-4,11H,(H2,9,10);1-4H;1,3H;1H4;1H;2H,1H2;/q;;;;;;;;+1/p-1. The van der Waals surface area contributed by atoms with Gasteiger partial charge in [-0.3, -0.25) is 28.3 Å². The second-order valence-corrected chi connectivity index (χ2v) is 16.6. The van der Waals surface area contributed by atoms with E-state index in [2.05, 4.69) is 31.1 Å². The molecular formula is C53H54Cl2F3N10NaO9. The number of carbonyl (C=O) groups is 2. The van der Waals surface area contributed by atoms with Gasteiger partial charge in [-0.1, -0.05) is 43.4 Å². The van der Waals surface area contributed by atoms with E-state index in [1.165, 1.54) is 73.5 Å². The Morgan fingerprint density at radius 2 is 1.15 bits per heavy atom. The fourth-order valence-corrected chi connectivity index (χ4v) is 7.82. The van der Waals surface area contributed by atoms with Gasteiger partial charge in [-0.05, 0) is 146 Å². The van der Waals surface area contributed by atoms with Gasteiger partial charge in [0.1, 0.15) is 29.1 Å². The van der Waals surface area contributed by atoms with Gasteiger partial charge in [-0.25, -0.2) is 29.0 Å². The molecule has 25 heteroatoms. The number of nitrogens with two attached hydrogens (primary N) is 2. The molecule has 2 aliphatic rings. The summed E-state index contributed by atoms with van der Waals surface area (Å²) in [5.74, 6) is 4.88. The summed E-state index contributed by atoms with van der Waals surface area (Å²) in [6, 6.07) is 28.8. The number of benzene rings is 5. The summed E-state index contributed by atoms with van der Waals surface area (Å²) in [4.78, 5) is 61.7. The molecule has 0 spiro atoms. The minimum atomic E-state index is -0.527. The van der Waals surface area contributed by atoms with Crippen molar-refractivity contribution >= 4 is 63.4 Å². The quantitative estimate of drug-likeness (QED) is 0.0234. The monoisotopic (exact) mass is 1120 g/mol. The summed E-state index contributed by atoms with van der Waals surface area (Å²) in [5.41, 5.74) is 9.14. The molecule has 8 aromatic rings. The number of nitriles is 1. The van der Waals surface area contributed by atoms with Crippen molar-refractivity contribution in [1.82, 2.24) is 29.2 Å². The number of rotatable bonds is 5. The number of aromatic nitrogens is 6. The second kappa shape index (κ2) is 34.4. The molecule has 6 N–H and O–H groups in total. The molecule has 0 radical (unpaired) electrons. The SMILES string of the molecule is C.Cl.N#Cc1ccc(F)cc1.N/C(=N/O)c1ccc(F)cc1.NO.O=C(Cl)c1ccc2c(=O)n3c(nc2c1)CCCCCC3.O=CO[O-].O=c1c2ccc(-c3nc(-c4ccc(F)cc4)no3)cc2nc2n1CCCCCC2.[Na+]. The Kier molecular flexibility index (Phi) is 29.5. The smallest absolute Gasteiger partial charge is 0.662 e. The molecular weight excluding hydrogens is 1070 g/mol. The average Bonchev–Trinajstić information content (AvgIpc) is 3.94. The van der Waals surface area contributed by atoms with E-state index in [0.29, 0.717) is 61.3 Å². The molecule has 0 fully saturated rings. The summed E-state index contributed by atoms with van der Waals surface area (Å²) < 4.78 is 46.5. The van der Waals surface area contributed by atoms with Gasteiger partial charge >= 0.3 is 29.6 Å². The molecule has 19 nitrogen and oxygen atoms in total. The Labute approximate surface area is 478 Å². The Morgan fingerprint density at radius 3 is 1.63 bits per heavy atom. The minimum absolute atomic E-state index is 0. The van der Waals surface area contributed by atoms with Crippen molar-refractivity contribution in [2.75, 3.05) is 0 Å². The van der Waals surface area contributed by atoms with E-state index in [9.17, 15) is 27.6 Å². The molecule has 78 heavy (non-hydrogen) atoms. The molecule has 0 saturated carbocycles. The summed E-state index contributed by atoms with van der Waals surface area (Å²) in [6.07, 6.45) is 10.4. The Bertz CT molecular complexity index is 3380. The van der Waals surface area contributed by atoms with E-state index in [1.54, 1.807) is 47.0 Å². The van der Waals surface area contributed by atoms with Crippen molar-refractivity contribution in [3.05, 3.63) is 176 Å². The maximum absolute atomic E-state index is 13.1. The summed E-state index contributed by atoms with van der Waals surface area (Å²) in [6.45, 7) is 1.27.